The van der Waals surface area contributed by atoms with Crippen molar-refractivity contribution in [2.45, 2.75) is 0 Å². The number of pyridine rings is 1. The van der Waals surface area contributed by atoms with Crippen LogP contribution in [0.25, 0.3) is 26.7 Å². The summed E-state index contributed by atoms with van der Waals surface area (Å²) in [4.78, 5) is 12.9. The van der Waals surface area contributed by atoms with Crippen LogP contribution in [0.2, 0.25) is 0 Å². The van der Waals surface area contributed by atoms with Gasteiger partial charge in [0.1, 0.15) is 0 Å². The van der Waals surface area contributed by atoms with Crippen LogP contribution in [0, 0.1) is 0 Å². The van der Waals surface area contributed by atoms with Crippen molar-refractivity contribution in [2.75, 3.05) is 5.73 Å². The van der Waals surface area contributed by atoms with Crippen LogP contribution in [0.15, 0.2) is 48.8 Å². The number of nitrogens with two attached hydrogens (primary N) is 1. The summed E-state index contributed by atoms with van der Waals surface area (Å²) in [5, 5.41) is 5.14. The van der Waals surface area contributed by atoms with Gasteiger partial charge < -0.3 is 5.73 Å². The highest BCUT2D eigenvalue weighted by molar-refractivity contribution is 7.20. The van der Waals surface area contributed by atoms with Crippen LogP contribution in [0.5, 0.6) is 0 Å². The molecule has 0 amide bonds. The summed E-state index contributed by atoms with van der Waals surface area (Å²) in [6.07, 6.45) is 3.41. The van der Waals surface area contributed by atoms with Gasteiger partial charge >= 0.3 is 0 Å². The van der Waals surface area contributed by atoms with Gasteiger partial charge in [0, 0.05) is 18.0 Å². The maximum atomic E-state index is 5.97. The van der Waals surface area contributed by atoms with Gasteiger partial charge in [-0.3, -0.25) is 4.98 Å². The molecule has 102 valence electrons. The minimum Gasteiger partial charge on any atom is -0.368 e. The van der Waals surface area contributed by atoms with Crippen molar-refractivity contribution in [1.29, 1.82) is 0 Å². The van der Waals surface area contributed by atoms with Crippen molar-refractivity contribution >= 4 is 27.5 Å². The predicted octanol–water partition coefficient (Wildman–Crippen LogP) is 2.52. The minimum atomic E-state index is 0.313. The topological polar surface area (TPSA) is 82.5 Å². The largest absolute Gasteiger partial charge is 0.368 e. The zero-order chi connectivity index (χ0) is 14.2. The average Bonchev–Trinajstić information content (AvgIpc) is 3.11. The summed E-state index contributed by atoms with van der Waals surface area (Å²) in [5.74, 6) is 0.854. The van der Waals surface area contributed by atoms with Crippen molar-refractivity contribution in [3.63, 3.8) is 0 Å². The van der Waals surface area contributed by atoms with Gasteiger partial charge in [-0.2, -0.15) is 9.67 Å². The quantitative estimate of drug-likeness (QED) is 0.614. The predicted molar refractivity (Wildman–Crippen MR) is 82.2 cm³/mol. The summed E-state index contributed by atoms with van der Waals surface area (Å²) >= 11 is 1.53. The molecule has 3 aromatic heterocycles. The van der Waals surface area contributed by atoms with E-state index in [1.165, 1.54) is 11.3 Å². The van der Waals surface area contributed by atoms with Crippen LogP contribution in [-0.4, -0.2) is 24.7 Å². The Morgan fingerprint density at radius 3 is 2.76 bits per heavy atom. The minimum absolute atomic E-state index is 0.313. The smallest absolute Gasteiger partial charge is 0.226 e. The molecule has 7 heteroatoms. The third-order valence-electron chi connectivity index (χ3n) is 3.02. The van der Waals surface area contributed by atoms with E-state index >= 15 is 0 Å². The Kier molecular flexibility index (Phi) is 2.65. The van der Waals surface area contributed by atoms with Crippen LogP contribution >= 0.6 is 11.3 Å². The van der Waals surface area contributed by atoms with E-state index in [4.69, 9.17) is 5.73 Å². The molecule has 4 aromatic rings. The molecule has 4 rings (SSSR count). The first kappa shape index (κ1) is 12.0. The van der Waals surface area contributed by atoms with E-state index in [1.807, 2.05) is 36.4 Å². The zero-order valence-electron chi connectivity index (χ0n) is 10.8. The monoisotopic (exact) mass is 294 g/mol. The van der Waals surface area contributed by atoms with Crippen LogP contribution < -0.4 is 5.73 Å². The second kappa shape index (κ2) is 4.64. The maximum absolute atomic E-state index is 5.97. The van der Waals surface area contributed by atoms with Gasteiger partial charge in [-0.15, -0.1) is 5.10 Å². The molecule has 0 radical (unpaired) electrons. The van der Waals surface area contributed by atoms with Crippen LogP contribution in [0.3, 0.4) is 0 Å². The van der Waals surface area contributed by atoms with Crippen molar-refractivity contribution in [2.24, 2.45) is 0 Å². The van der Waals surface area contributed by atoms with Crippen LogP contribution in [0.1, 0.15) is 0 Å². The summed E-state index contributed by atoms with van der Waals surface area (Å²) in [6.45, 7) is 0. The molecule has 0 aliphatic carbocycles. The van der Waals surface area contributed by atoms with E-state index in [1.54, 1.807) is 17.1 Å². The van der Waals surface area contributed by atoms with Crippen LogP contribution in [0.4, 0.5) is 5.95 Å². The normalized spacial score (nSPS) is 11.0. The SMILES string of the molecule is Nc1nc(-c2cccnc2)nn1-c1nc2ccccc2s1. The first-order valence-corrected chi connectivity index (χ1v) is 7.12. The lowest BCUT2D eigenvalue weighted by Gasteiger charge is -1.94. The number of rotatable bonds is 2. The molecule has 21 heavy (non-hydrogen) atoms. The van der Waals surface area contributed by atoms with Gasteiger partial charge in [-0.25, -0.2) is 4.98 Å². The molecule has 2 N–H and O–H groups in total. The number of fused-ring (bicyclic) bond motifs is 1. The molecule has 6 nitrogen and oxygen atoms in total. The van der Waals surface area contributed by atoms with Gasteiger partial charge in [-0.05, 0) is 24.3 Å². The summed E-state index contributed by atoms with van der Waals surface area (Å²) in [7, 11) is 0. The van der Waals surface area contributed by atoms with E-state index in [0.29, 0.717) is 16.9 Å². The number of thiazole rings is 1. The fourth-order valence-corrected chi connectivity index (χ4v) is 2.96. The summed E-state index contributed by atoms with van der Waals surface area (Å²) < 4.78 is 2.65. The first-order chi connectivity index (χ1) is 10.3. The first-order valence-electron chi connectivity index (χ1n) is 6.30. The highest BCUT2D eigenvalue weighted by Gasteiger charge is 2.14. The number of hydrogen-bond acceptors (Lipinski definition) is 6. The molecule has 0 fully saturated rings. The van der Waals surface area contributed by atoms with Gasteiger partial charge in [0.15, 0.2) is 5.82 Å². The average molecular weight is 294 g/mol. The number of nitrogens with zero attached hydrogens (tertiary/aromatic N) is 5. The fraction of sp³-hybridized carbons (Fsp3) is 0. The Labute approximate surface area is 123 Å². The second-order valence-corrected chi connectivity index (χ2v) is 5.42. The number of hydrogen-bond donors (Lipinski definition) is 1. The van der Waals surface area contributed by atoms with Crippen molar-refractivity contribution in [3.8, 4) is 16.5 Å². The molecule has 0 unspecified atom stereocenters. The van der Waals surface area contributed by atoms with Crippen molar-refractivity contribution in [1.82, 2.24) is 24.7 Å². The molecule has 0 aliphatic rings. The highest BCUT2D eigenvalue weighted by Crippen LogP contribution is 2.26. The van der Waals surface area contributed by atoms with Gasteiger partial charge in [-0.1, -0.05) is 23.5 Å². The number of aromatic nitrogens is 5. The molecule has 0 bridgehead atoms. The van der Waals surface area contributed by atoms with E-state index < -0.39 is 0 Å². The second-order valence-electron chi connectivity index (χ2n) is 4.41. The van der Waals surface area contributed by atoms with Gasteiger partial charge in [0.05, 0.1) is 10.2 Å². The Morgan fingerprint density at radius 1 is 1.05 bits per heavy atom. The molecule has 3 heterocycles. The molecular formula is C14H10N6S. The molecule has 1 aromatic carbocycles. The molecule has 0 spiro atoms. The fourth-order valence-electron chi connectivity index (χ4n) is 2.03. The lowest BCUT2D eigenvalue weighted by atomic mass is 10.3. The number of anilines is 1. The third-order valence-corrected chi connectivity index (χ3v) is 4.03. The Balaban J connectivity index is 1.84. The molecule has 0 saturated carbocycles. The van der Waals surface area contributed by atoms with Gasteiger partial charge in [0.25, 0.3) is 0 Å². The van der Waals surface area contributed by atoms with E-state index in [-0.39, 0.29) is 0 Å². The van der Waals surface area contributed by atoms with Crippen molar-refractivity contribution in [3.05, 3.63) is 48.8 Å². The Hall–Kier alpha value is -2.80. The van der Waals surface area contributed by atoms with Crippen LogP contribution in [-0.2, 0) is 0 Å². The maximum Gasteiger partial charge on any atom is 0.226 e. The Bertz CT molecular complexity index is 879. The molecule has 0 aliphatic heterocycles. The molecular weight excluding hydrogens is 284 g/mol. The summed E-state index contributed by atoms with van der Waals surface area (Å²) in [5.41, 5.74) is 7.72. The van der Waals surface area contributed by atoms with E-state index in [2.05, 4.69) is 20.1 Å². The highest BCUT2D eigenvalue weighted by atomic mass is 32.1. The molecule has 0 atom stereocenters. The third kappa shape index (κ3) is 2.03. The van der Waals surface area contributed by atoms with E-state index in [9.17, 15) is 0 Å². The number of para-hydroxylation sites is 1. The van der Waals surface area contributed by atoms with Gasteiger partial charge in [0.2, 0.25) is 11.1 Å². The summed E-state index contributed by atoms with van der Waals surface area (Å²) in [6, 6.07) is 11.7. The van der Waals surface area contributed by atoms with E-state index in [0.717, 1.165) is 15.8 Å². The lowest BCUT2D eigenvalue weighted by molar-refractivity contribution is 0.886. The Morgan fingerprint density at radius 2 is 1.95 bits per heavy atom. The lowest BCUT2D eigenvalue weighted by Crippen LogP contribution is -2.01. The number of nitrogen functional groups attached to an aromatic ring is 1. The van der Waals surface area contributed by atoms with Crippen molar-refractivity contribution < 1.29 is 0 Å². The molecule has 0 saturated heterocycles. The standard InChI is InChI=1S/C14H10N6S/c15-13-18-12(9-4-3-7-16-8-9)19-20(13)14-17-10-5-1-2-6-11(10)21-14/h1-8H,(H2,15,18,19). The zero-order valence-corrected chi connectivity index (χ0v) is 11.7. The number of benzene rings is 1.